The van der Waals surface area contributed by atoms with E-state index in [9.17, 15) is 4.79 Å². The molecule has 0 aliphatic rings. The summed E-state index contributed by atoms with van der Waals surface area (Å²) in [5.74, 6) is -0.830. The number of carboxylic acids is 1. The third-order valence-electron chi connectivity index (χ3n) is 3.40. The van der Waals surface area contributed by atoms with Crippen LogP contribution < -0.4 is 0 Å². The van der Waals surface area contributed by atoms with Crippen molar-refractivity contribution in [3.05, 3.63) is 48.6 Å². The molecule has 2 N–H and O–H groups in total. The van der Waals surface area contributed by atoms with Crippen molar-refractivity contribution in [1.29, 1.82) is 0 Å². The Kier molecular flexibility index (Phi) is 16.5. The molecule has 4 heteroatoms. The van der Waals surface area contributed by atoms with Gasteiger partial charge in [-0.1, -0.05) is 68.4 Å². The molecule has 0 bridgehead atoms. The summed E-state index contributed by atoms with van der Waals surface area (Å²) in [6.07, 6.45) is 23.6. The number of hydrogen-bond acceptors (Lipinski definition) is 3. The Morgan fingerprint density at radius 2 is 1.62 bits per heavy atom. The van der Waals surface area contributed by atoms with Gasteiger partial charge in [-0.25, -0.2) is 4.89 Å². The highest BCUT2D eigenvalue weighted by Crippen LogP contribution is 2.04. The summed E-state index contributed by atoms with van der Waals surface area (Å²) in [6, 6.07) is 0. The Hall–Kier alpha value is -1.65. The fraction of sp³-hybridized carbons (Fsp3) is 0.550. The molecule has 0 rings (SSSR count). The molecule has 1 atom stereocenters. The van der Waals surface area contributed by atoms with Crippen LogP contribution in [0, 0.1) is 0 Å². The van der Waals surface area contributed by atoms with Gasteiger partial charge in [0.1, 0.15) is 6.10 Å². The molecule has 0 amide bonds. The van der Waals surface area contributed by atoms with Crippen LogP contribution in [0.3, 0.4) is 0 Å². The fourth-order valence-corrected chi connectivity index (χ4v) is 2.01. The Morgan fingerprint density at radius 3 is 2.25 bits per heavy atom. The van der Waals surface area contributed by atoms with Crippen LogP contribution in [0.1, 0.15) is 64.7 Å². The number of carboxylic acid groups (broad SMARTS) is 1. The van der Waals surface area contributed by atoms with E-state index in [1.165, 1.54) is 25.7 Å². The number of aliphatic carboxylic acids is 1. The van der Waals surface area contributed by atoms with Gasteiger partial charge in [0.05, 0.1) is 0 Å². The van der Waals surface area contributed by atoms with E-state index < -0.39 is 12.1 Å². The first-order chi connectivity index (χ1) is 11.7. The average molecular weight is 336 g/mol. The molecule has 0 heterocycles. The van der Waals surface area contributed by atoms with Gasteiger partial charge in [-0.3, -0.25) is 10.1 Å². The van der Waals surface area contributed by atoms with Crippen molar-refractivity contribution in [2.24, 2.45) is 0 Å². The lowest BCUT2D eigenvalue weighted by atomic mass is 10.2. The van der Waals surface area contributed by atoms with E-state index in [2.05, 4.69) is 36.1 Å². The van der Waals surface area contributed by atoms with Gasteiger partial charge in [0.15, 0.2) is 0 Å². The van der Waals surface area contributed by atoms with E-state index in [1.807, 2.05) is 12.2 Å². The second-order valence-corrected chi connectivity index (χ2v) is 5.62. The van der Waals surface area contributed by atoms with Crippen molar-refractivity contribution in [2.45, 2.75) is 70.8 Å². The summed E-state index contributed by atoms with van der Waals surface area (Å²) in [4.78, 5) is 14.7. The number of allylic oxidation sites excluding steroid dienone is 6. The third-order valence-corrected chi connectivity index (χ3v) is 3.40. The summed E-state index contributed by atoms with van der Waals surface area (Å²) in [6.45, 7) is 2.21. The van der Waals surface area contributed by atoms with Crippen LogP contribution in [-0.2, 0) is 9.68 Å². The smallest absolute Gasteiger partial charge is 0.303 e. The second kappa shape index (κ2) is 17.7. The maximum absolute atomic E-state index is 10.4. The Bertz CT molecular complexity index is 408. The highest BCUT2D eigenvalue weighted by Gasteiger charge is 2.01. The lowest BCUT2D eigenvalue weighted by molar-refractivity contribution is -0.264. The number of rotatable bonds is 15. The summed E-state index contributed by atoms with van der Waals surface area (Å²) in [5, 5.41) is 17.3. The first-order valence-electron chi connectivity index (χ1n) is 8.84. The zero-order valence-electron chi connectivity index (χ0n) is 14.8. The Balaban J connectivity index is 3.73. The van der Waals surface area contributed by atoms with Gasteiger partial charge in [0, 0.05) is 6.42 Å². The zero-order chi connectivity index (χ0) is 17.9. The zero-order valence-corrected chi connectivity index (χ0v) is 14.8. The van der Waals surface area contributed by atoms with E-state index in [4.69, 9.17) is 10.4 Å². The average Bonchev–Trinajstić information content (AvgIpc) is 2.57. The van der Waals surface area contributed by atoms with Gasteiger partial charge in [-0.05, 0) is 38.5 Å². The van der Waals surface area contributed by atoms with Crippen LogP contribution in [-0.4, -0.2) is 22.4 Å². The van der Waals surface area contributed by atoms with Crippen LogP contribution in [0.2, 0.25) is 0 Å². The molecular weight excluding hydrogens is 304 g/mol. The van der Waals surface area contributed by atoms with Gasteiger partial charge < -0.3 is 5.11 Å². The molecule has 0 aromatic heterocycles. The van der Waals surface area contributed by atoms with Crippen molar-refractivity contribution in [1.82, 2.24) is 0 Å². The largest absolute Gasteiger partial charge is 0.481 e. The molecule has 0 saturated heterocycles. The van der Waals surface area contributed by atoms with Crippen molar-refractivity contribution in [3.63, 3.8) is 0 Å². The molecule has 4 nitrogen and oxygen atoms in total. The fourth-order valence-electron chi connectivity index (χ4n) is 2.01. The minimum atomic E-state index is -0.830. The lowest BCUT2D eigenvalue weighted by Gasteiger charge is -2.04. The molecular formula is C20H32O4. The Labute approximate surface area is 146 Å². The van der Waals surface area contributed by atoms with Gasteiger partial charge in [-0.15, -0.1) is 0 Å². The predicted molar refractivity (Wildman–Crippen MR) is 98.9 cm³/mol. The van der Waals surface area contributed by atoms with E-state index in [0.717, 1.165) is 12.8 Å². The quantitative estimate of drug-likeness (QED) is 0.175. The molecule has 0 aromatic rings. The summed E-state index contributed by atoms with van der Waals surface area (Å²) >= 11 is 0. The van der Waals surface area contributed by atoms with Crippen LogP contribution >= 0.6 is 0 Å². The first kappa shape index (κ1) is 22.4. The molecule has 0 aromatic carbocycles. The molecule has 0 aliphatic carbocycles. The normalized spacial score (nSPS) is 13.8. The molecule has 0 radical (unpaired) electrons. The minimum Gasteiger partial charge on any atom is -0.481 e. The highest BCUT2D eigenvalue weighted by molar-refractivity contribution is 5.66. The Morgan fingerprint density at radius 1 is 0.958 bits per heavy atom. The van der Waals surface area contributed by atoms with Crippen LogP contribution in [0.15, 0.2) is 48.6 Å². The highest BCUT2D eigenvalue weighted by atomic mass is 17.1. The maximum Gasteiger partial charge on any atom is 0.303 e. The van der Waals surface area contributed by atoms with Crippen molar-refractivity contribution >= 4 is 5.97 Å². The van der Waals surface area contributed by atoms with Gasteiger partial charge in [0.25, 0.3) is 0 Å². The standard InChI is InChI=1S/C20H32O4/c1-2-3-4-5-6-7-8-9-10-11-12-13-16-19(24-23)17-14-15-18-20(21)22/h6-7,9-10,12-14,17,19,23H,2-5,8,11,15-16,18H2,1H3,(H,21,22)/b7-6-,10-9-,13-12-,17-14+. The molecule has 0 saturated carbocycles. The van der Waals surface area contributed by atoms with Crippen molar-refractivity contribution in [3.8, 4) is 0 Å². The van der Waals surface area contributed by atoms with E-state index in [1.54, 1.807) is 12.2 Å². The van der Waals surface area contributed by atoms with Crippen LogP contribution in [0.5, 0.6) is 0 Å². The summed E-state index contributed by atoms with van der Waals surface area (Å²) in [5.41, 5.74) is 0. The third kappa shape index (κ3) is 16.7. The number of unbranched alkanes of at least 4 members (excludes halogenated alkanes) is 3. The van der Waals surface area contributed by atoms with E-state index in [0.29, 0.717) is 12.8 Å². The molecule has 136 valence electrons. The predicted octanol–water partition coefficient (Wildman–Crippen LogP) is 5.68. The van der Waals surface area contributed by atoms with Crippen molar-refractivity contribution in [2.75, 3.05) is 0 Å². The molecule has 0 spiro atoms. The number of carbonyl (C=O) groups is 1. The topological polar surface area (TPSA) is 66.8 Å². The molecule has 1 unspecified atom stereocenters. The van der Waals surface area contributed by atoms with Crippen molar-refractivity contribution < 1.29 is 20.0 Å². The van der Waals surface area contributed by atoms with Crippen LogP contribution in [0.4, 0.5) is 0 Å². The monoisotopic (exact) mass is 336 g/mol. The van der Waals surface area contributed by atoms with Crippen LogP contribution in [0.25, 0.3) is 0 Å². The second-order valence-electron chi connectivity index (χ2n) is 5.62. The summed E-state index contributed by atoms with van der Waals surface area (Å²) < 4.78 is 0. The number of hydrogen-bond donors (Lipinski definition) is 2. The van der Waals surface area contributed by atoms with E-state index in [-0.39, 0.29) is 6.42 Å². The molecule has 0 fully saturated rings. The first-order valence-corrected chi connectivity index (χ1v) is 8.84. The minimum absolute atomic E-state index is 0.0856. The maximum atomic E-state index is 10.4. The van der Waals surface area contributed by atoms with E-state index >= 15 is 0 Å². The van der Waals surface area contributed by atoms with Gasteiger partial charge >= 0.3 is 5.97 Å². The lowest BCUT2D eigenvalue weighted by Crippen LogP contribution is -2.05. The van der Waals surface area contributed by atoms with Gasteiger partial charge in [0.2, 0.25) is 0 Å². The molecule has 0 aliphatic heterocycles. The SMILES string of the molecule is CCCCC/C=C\C/C=C\C/C=C\CC(/C=C/CCC(=O)O)OO. The van der Waals surface area contributed by atoms with Gasteiger partial charge in [-0.2, -0.15) is 0 Å². The summed E-state index contributed by atoms with van der Waals surface area (Å²) in [7, 11) is 0. The molecule has 24 heavy (non-hydrogen) atoms.